The normalized spacial score (nSPS) is 11.1. The summed E-state index contributed by atoms with van der Waals surface area (Å²) >= 11 is 1.69. The molecule has 4 rings (SSSR count). The standard InChI is InChI=1S/C18H13NOS/c1-20-14-8-6-12(7-9-14)16-11-21-18-15(16)10-13-4-2-3-5-17(13)19-18/h2-11H,1H3. The molecule has 0 N–H and O–H groups in total. The summed E-state index contributed by atoms with van der Waals surface area (Å²) < 4.78 is 5.22. The molecule has 3 heteroatoms. The maximum Gasteiger partial charge on any atom is 0.124 e. The lowest BCUT2D eigenvalue weighted by Gasteiger charge is -2.03. The highest BCUT2D eigenvalue weighted by molar-refractivity contribution is 7.17. The predicted molar refractivity (Wildman–Crippen MR) is 89.1 cm³/mol. The molecule has 0 amide bonds. The van der Waals surface area contributed by atoms with Gasteiger partial charge in [0, 0.05) is 21.7 Å². The third-order valence-electron chi connectivity index (χ3n) is 3.67. The van der Waals surface area contributed by atoms with Gasteiger partial charge in [0.15, 0.2) is 0 Å². The van der Waals surface area contributed by atoms with Gasteiger partial charge in [-0.15, -0.1) is 11.3 Å². The molecule has 0 radical (unpaired) electrons. The van der Waals surface area contributed by atoms with Crippen LogP contribution in [0.4, 0.5) is 0 Å². The number of thiophene rings is 1. The average molecular weight is 291 g/mol. The van der Waals surface area contributed by atoms with Gasteiger partial charge < -0.3 is 4.74 Å². The van der Waals surface area contributed by atoms with Crippen LogP contribution < -0.4 is 4.74 Å². The number of aromatic nitrogens is 1. The van der Waals surface area contributed by atoms with Crippen molar-refractivity contribution in [3.63, 3.8) is 0 Å². The van der Waals surface area contributed by atoms with Crippen molar-refractivity contribution in [3.05, 3.63) is 60.0 Å². The summed E-state index contributed by atoms with van der Waals surface area (Å²) in [6, 6.07) is 18.6. The average Bonchev–Trinajstić information content (AvgIpc) is 2.95. The lowest BCUT2D eigenvalue weighted by atomic mass is 10.0. The number of hydrogen-bond donors (Lipinski definition) is 0. The lowest BCUT2D eigenvalue weighted by molar-refractivity contribution is 0.415. The quantitative estimate of drug-likeness (QED) is 0.511. The molecule has 2 aromatic heterocycles. The van der Waals surface area contributed by atoms with E-state index >= 15 is 0 Å². The molecule has 0 aliphatic carbocycles. The van der Waals surface area contributed by atoms with E-state index in [2.05, 4.69) is 41.8 Å². The van der Waals surface area contributed by atoms with E-state index in [4.69, 9.17) is 9.72 Å². The highest BCUT2D eigenvalue weighted by atomic mass is 32.1. The SMILES string of the molecule is COc1ccc(-c2csc3nc4ccccc4cc23)cc1. The van der Waals surface area contributed by atoms with E-state index in [1.807, 2.05) is 18.2 Å². The summed E-state index contributed by atoms with van der Waals surface area (Å²) in [7, 11) is 1.69. The molecule has 0 saturated heterocycles. The maximum atomic E-state index is 5.22. The fourth-order valence-corrected chi connectivity index (χ4v) is 3.49. The number of ether oxygens (including phenoxy) is 1. The van der Waals surface area contributed by atoms with Gasteiger partial charge >= 0.3 is 0 Å². The number of benzene rings is 2. The summed E-state index contributed by atoms with van der Waals surface area (Å²) in [6.45, 7) is 0. The Morgan fingerprint density at radius 2 is 1.81 bits per heavy atom. The Kier molecular flexibility index (Phi) is 2.86. The maximum absolute atomic E-state index is 5.22. The Morgan fingerprint density at radius 3 is 2.62 bits per heavy atom. The first kappa shape index (κ1) is 12.4. The second-order valence-corrected chi connectivity index (χ2v) is 5.77. The van der Waals surface area contributed by atoms with Crippen LogP contribution in [0.5, 0.6) is 5.75 Å². The molecule has 0 spiro atoms. The van der Waals surface area contributed by atoms with Crippen LogP contribution in [-0.4, -0.2) is 12.1 Å². The van der Waals surface area contributed by atoms with E-state index < -0.39 is 0 Å². The molecular formula is C18H13NOS. The van der Waals surface area contributed by atoms with Crippen molar-refractivity contribution in [2.24, 2.45) is 0 Å². The molecular weight excluding hydrogens is 278 g/mol. The van der Waals surface area contributed by atoms with Crippen LogP contribution in [0.15, 0.2) is 60.0 Å². The monoisotopic (exact) mass is 291 g/mol. The van der Waals surface area contributed by atoms with Gasteiger partial charge in [-0.3, -0.25) is 0 Å². The second kappa shape index (κ2) is 4.86. The van der Waals surface area contributed by atoms with Crippen molar-refractivity contribution in [2.45, 2.75) is 0 Å². The van der Waals surface area contributed by atoms with Crippen LogP contribution in [0, 0.1) is 0 Å². The summed E-state index contributed by atoms with van der Waals surface area (Å²) in [4.78, 5) is 5.83. The van der Waals surface area contributed by atoms with Crippen LogP contribution in [-0.2, 0) is 0 Å². The smallest absolute Gasteiger partial charge is 0.124 e. The van der Waals surface area contributed by atoms with Crippen LogP contribution in [0.2, 0.25) is 0 Å². The Hall–Kier alpha value is -2.39. The zero-order valence-electron chi connectivity index (χ0n) is 11.5. The van der Waals surface area contributed by atoms with Gasteiger partial charge in [0.2, 0.25) is 0 Å². The number of para-hydroxylation sites is 1. The number of pyridine rings is 1. The first-order valence-corrected chi connectivity index (χ1v) is 7.64. The summed E-state index contributed by atoms with van der Waals surface area (Å²) in [6.07, 6.45) is 0. The number of rotatable bonds is 2. The molecule has 0 aliphatic heterocycles. The third kappa shape index (κ3) is 2.06. The van der Waals surface area contributed by atoms with Crippen LogP contribution in [0.3, 0.4) is 0 Å². The third-order valence-corrected chi connectivity index (χ3v) is 4.56. The fourth-order valence-electron chi connectivity index (χ4n) is 2.55. The van der Waals surface area contributed by atoms with Gasteiger partial charge in [-0.1, -0.05) is 30.3 Å². The number of nitrogens with zero attached hydrogens (tertiary/aromatic N) is 1. The predicted octanol–water partition coefficient (Wildman–Crippen LogP) is 5.13. The van der Waals surface area contributed by atoms with E-state index in [1.54, 1.807) is 18.4 Å². The first-order valence-electron chi connectivity index (χ1n) is 6.76. The van der Waals surface area contributed by atoms with Crippen LogP contribution in [0.1, 0.15) is 0 Å². The molecule has 0 atom stereocenters. The van der Waals surface area contributed by atoms with Gasteiger partial charge in [-0.05, 0) is 29.8 Å². The Bertz CT molecular complexity index is 925. The van der Waals surface area contributed by atoms with Crippen molar-refractivity contribution in [2.75, 3.05) is 7.11 Å². The number of fused-ring (bicyclic) bond motifs is 2. The van der Waals surface area contributed by atoms with E-state index in [0.717, 1.165) is 16.1 Å². The minimum absolute atomic E-state index is 0.877. The molecule has 2 aromatic carbocycles. The molecule has 2 nitrogen and oxygen atoms in total. The topological polar surface area (TPSA) is 22.1 Å². The highest BCUT2D eigenvalue weighted by Crippen LogP contribution is 2.35. The minimum Gasteiger partial charge on any atom is -0.497 e. The van der Waals surface area contributed by atoms with Crippen molar-refractivity contribution < 1.29 is 4.74 Å². The van der Waals surface area contributed by atoms with Crippen molar-refractivity contribution in [1.29, 1.82) is 0 Å². The second-order valence-electron chi connectivity index (χ2n) is 4.91. The van der Waals surface area contributed by atoms with E-state index in [1.165, 1.54) is 21.9 Å². The summed E-state index contributed by atoms with van der Waals surface area (Å²) in [5.41, 5.74) is 3.48. The lowest BCUT2D eigenvalue weighted by Crippen LogP contribution is -1.83. The van der Waals surface area contributed by atoms with Crippen LogP contribution in [0.25, 0.3) is 32.2 Å². The largest absolute Gasteiger partial charge is 0.497 e. The van der Waals surface area contributed by atoms with Crippen molar-refractivity contribution in [3.8, 4) is 16.9 Å². The minimum atomic E-state index is 0.877. The molecule has 0 unspecified atom stereocenters. The van der Waals surface area contributed by atoms with Crippen molar-refractivity contribution in [1.82, 2.24) is 4.98 Å². The van der Waals surface area contributed by atoms with Gasteiger partial charge in [-0.2, -0.15) is 0 Å². The molecule has 0 saturated carbocycles. The molecule has 102 valence electrons. The highest BCUT2D eigenvalue weighted by Gasteiger charge is 2.09. The van der Waals surface area contributed by atoms with Crippen LogP contribution >= 0.6 is 11.3 Å². The zero-order chi connectivity index (χ0) is 14.2. The summed E-state index contributed by atoms with van der Waals surface area (Å²) in [5, 5.41) is 4.57. The van der Waals surface area contributed by atoms with Gasteiger partial charge in [0.1, 0.15) is 10.6 Å². The number of methoxy groups -OCH3 is 1. The van der Waals surface area contributed by atoms with E-state index in [9.17, 15) is 0 Å². The summed E-state index contributed by atoms with van der Waals surface area (Å²) in [5.74, 6) is 0.877. The fraction of sp³-hybridized carbons (Fsp3) is 0.0556. The molecule has 2 heterocycles. The molecule has 0 aliphatic rings. The Balaban J connectivity index is 1.93. The van der Waals surface area contributed by atoms with Gasteiger partial charge in [0.05, 0.1) is 12.6 Å². The molecule has 0 bridgehead atoms. The van der Waals surface area contributed by atoms with Gasteiger partial charge in [-0.25, -0.2) is 4.98 Å². The zero-order valence-corrected chi connectivity index (χ0v) is 12.4. The Labute approximate surface area is 126 Å². The Morgan fingerprint density at radius 1 is 1.00 bits per heavy atom. The molecule has 4 aromatic rings. The van der Waals surface area contributed by atoms with E-state index in [0.29, 0.717) is 0 Å². The number of hydrogen-bond acceptors (Lipinski definition) is 3. The van der Waals surface area contributed by atoms with E-state index in [-0.39, 0.29) is 0 Å². The van der Waals surface area contributed by atoms with Gasteiger partial charge in [0.25, 0.3) is 0 Å². The van der Waals surface area contributed by atoms with Crippen molar-refractivity contribution >= 4 is 32.5 Å². The molecule has 0 fully saturated rings. The first-order chi connectivity index (χ1) is 10.3. The molecule has 21 heavy (non-hydrogen) atoms.